The molecule has 1 saturated heterocycles. The summed E-state index contributed by atoms with van der Waals surface area (Å²) in [4.78, 5) is 4.54. The van der Waals surface area contributed by atoms with Crippen LogP contribution >= 0.6 is 0 Å². The first-order valence-electron chi connectivity index (χ1n) is 7.76. The molecule has 116 valence electrons. The van der Waals surface area contributed by atoms with E-state index in [2.05, 4.69) is 34.1 Å². The third-order valence-corrected chi connectivity index (χ3v) is 4.20. The average molecular weight is 299 g/mol. The van der Waals surface area contributed by atoms with Gasteiger partial charge in [-0.2, -0.15) is 0 Å². The highest BCUT2D eigenvalue weighted by molar-refractivity contribution is 5.48. The molecule has 0 saturated carbocycles. The highest BCUT2D eigenvalue weighted by Gasteiger charge is 2.19. The molecule has 3 rings (SSSR count). The van der Waals surface area contributed by atoms with E-state index in [1.807, 2.05) is 12.1 Å². The van der Waals surface area contributed by atoms with Crippen molar-refractivity contribution < 1.29 is 4.39 Å². The monoisotopic (exact) mass is 299 g/mol. The normalized spacial score (nSPS) is 16.0. The van der Waals surface area contributed by atoms with Gasteiger partial charge in [0.25, 0.3) is 0 Å². The van der Waals surface area contributed by atoms with E-state index in [1.165, 1.54) is 17.2 Å². The number of halogens is 1. The molecule has 0 bridgehead atoms. The van der Waals surface area contributed by atoms with Crippen LogP contribution in [0, 0.1) is 5.82 Å². The van der Waals surface area contributed by atoms with Crippen LogP contribution in [0.3, 0.4) is 0 Å². The molecule has 1 heterocycles. The lowest BCUT2D eigenvalue weighted by atomic mass is 10.1. The minimum absolute atomic E-state index is 0.133. The van der Waals surface area contributed by atoms with Gasteiger partial charge in [-0.3, -0.25) is 4.90 Å². The molecule has 22 heavy (non-hydrogen) atoms. The Labute approximate surface area is 131 Å². The highest BCUT2D eigenvalue weighted by atomic mass is 19.1. The molecule has 1 fully saturated rings. The molecule has 0 spiro atoms. The fourth-order valence-electron chi connectivity index (χ4n) is 2.97. The maximum atomic E-state index is 13.8. The first-order chi connectivity index (χ1) is 10.8. The minimum Gasteiger partial charge on any atom is -0.367 e. The summed E-state index contributed by atoms with van der Waals surface area (Å²) in [6.07, 6.45) is 0. The Hall–Kier alpha value is -1.91. The van der Waals surface area contributed by atoms with Crippen molar-refractivity contribution in [3.63, 3.8) is 0 Å². The third kappa shape index (κ3) is 3.46. The van der Waals surface area contributed by atoms with Gasteiger partial charge < -0.3 is 10.6 Å². The van der Waals surface area contributed by atoms with Crippen LogP contribution in [0.15, 0.2) is 48.5 Å². The fourth-order valence-corrected chi connectivity index (χ4v) is 2.97. The highest BCUT2D eigenvalue weighted by Crippen LogP contribution is 2.20. The molecular weight excluding hydrogens is 277 g/mol. The summed E-state index contributed by atoms with van der Waals surface area (Å²) in [5.74, 6) is -0.133. The van der Waals surface area contributed by atoms with Crippen molar-refractivity contribution in [1.82, 2.24) is 4.90 Å². The Morgan fingerprint density at radius 2 is 1.64 bits per heavy atom. The zero-order valence-electron chi connectivity index (χ0n) is 12.7. The molecule has 0 radical (unpaired) electrons. The van der Waals surface area contributed by atoms with Crippen LogP contribution in [0.2, 0.25) is 0 Å². The Balaban J connectivity index is 1.59. The van der Waals surface area contributed by atoms with Crippen molar-refractivity contribution in [3.8, 4) is 0 Å². The van der Waals surface area contributed by atoms with E-state index in [0.717, 1.165) is 32.7 Å². The number of para-hydroxylation sites is 1. The quantitative estimate of drug-likeness (QED) is 0.942. The SMILES string of the molecule is NCc1cccc(CN2CCN(c3ccccc3F)CC2)c1. The van der Waals surface area contributed by atoms with Crippen molar-refractivity contribution in [2.75, 3.05) is 31.1 Å². The lowest BCUT2D eigenvalue weighted by Crippen LogP contribution is -2.46. The molecule has 1 aliphatic heterocycles. The van der Waals surface area contributed by atoms with E-state index in [0.29, 0.717) is 12.2 Å². The second-order valence-electron chi connectivity index (χ2n) is 5.74. The average Bonchev–Trinajstić information content (AvgIpc) is 2.56. The molecule has 0 amide bonds. The Bertz CT molecular complexity index is 621. The van der Waals surface area contributed by atoms with Crippen LogP contribution in [0.4, 0.5) is 10.1 Å². The zero-order chi connectivity index (χ0) is 15.4. The number of hydrogen-bond donors (Lipinski definition) is 1. The van der Waals surface area contributed by atoms with Crippen molar-refractivity contribution in [2.24, 2.45) is 5.73 Å². The van der Waals surface area contributed by atoms with Crippen LogP contribution < -0.4 is 10.6 Å². The Kier molecular flexibility index (Phi) is 4.71. The predicted octanol–water partition coefficient (Wildman–Crippen LogP) is 2.61. The minimum atomic E-state index is -0.133. The van der Waals surface area contributed by atoms with Crippen molar-refractivity contribution in [3.05, 3.63) is 65.5 Å². The van der Waals surface area contributed by atoms with Gasteiger partial charge in [0.15, 0.2) is 0 Å². The van der Waals surface area contributed by atoms with E-state index in [4.69, 9.17) is 5.73 Å². The van der Waals surface area contributed by atoms with Crippen molar-refractivity contribution in [1.29, 1.82) is 0 Å². The summed E-state index contributed by atoms with van der Waals surface area (Å²) >= 11 is 0. The predicted molar refractivity (Wildman–Crippen MR) is 88.2 cm³/mol. The van der Waals surface area contributed by atoms with E-state index in [1.54, 1.807) is 6.07 Å². The van der Waals surface area contributed by atoms with E-state index in [9.17, 15) is 4.39 Å². The van der Waals surface area contributed by atoms with Crippen LogP contribution in [-0.4, -0.2) is 31.1 Å². The smallest absolute Gasteiger partial charge is 0.146 e. The van der Waals surface area contributed by atoms with Gasteiger partial charge in [-0.1, -0.05) is 36.4 Å². The summed E-state index contributed by atoms with van der Waals surface area (Å²) in [7, 11) is 0. The Morgan fingerprint density at radius 3 is 2.36 bits per heavy atom. The van der Waals surface area contributed by atoms with Gasteiger partial charge in [0.2, 0.25) is 0 Å². The molecule has 2 aromatic rings. The third-order valence-electron chi connectivity index (χ3n) is 4.20. The molecule has 0 atom stereocenters. The van der Waals surface area contributed by atoms with E-state index in [-0.39, 0.29) is 5.82 Å². The number of rotatable bonds is 4. The molecule has 0 unspecified atom stereocenters. The molecule has 2 aromatic carbocycles. The molecule has 1 aliphatic rings. The summed E-state index contributed by atoms with van der Waals surface area (Å²) < 4.78 is 13.8. The summed E-state index contributed by atoms with van der Waals surface area (Å²) in [5, 5.41) is 0. The van der Waals surface area contributed by atoms with Gasteiger partial charge in [0.05, 0.1) is 5.69 Å². The molecule has 3 nitrogen and oxygen atoms in total. The number of nitrogens with two attached hydrogens (primary N) is 1. The van der Waals surface area contributed by atoms with Crippen molar-refractivity contribution in [2.45, 2.75) is 13.1 Å². The first kappa shape index (κ1) is 15.0. The molecule has 0 aliphatic carbocycles. The van der Waals surface area contributed by atoms with Gasteiger partial charge in [-0.15, -0.1) is 0 Å². The van der Waals surface area contributed by atoms with Crippen LogP contribution in [0.5, 0.6) is 0 Å². The number of nitrogens with zero attached hydrogens (tertiary/aromatic N) is 2. The number of hydrogen-bond acceptors (Lipinski definition) is 3. The molecule has 4 heteroatoms. The lowest BCUT2D eigenvalue weighted by molar-refractivity contribution is 0.249. The summed E-state index contributed by atoms with van der Waals surface area (Å²) in [5.41, 5.74) is 8.87. The van der Waals surface area contributed by atoms with Crippen molar-refractivity contribution >= 4 is 5.69 Å². The first-order valence-corrected chi connectivity index (χ1v) is 7.76. The summed E-state index contributed by atoms with van der Waals surface area (Å²) in [6.45, 7) is 5.12. The van der Waals surface area contributed by atoms with E-state index < -0.39 is 0 Å². The number of benzene rings is 2. The van der Waals surface area contributed by atoms with Crippen LogP contribution in [0.25, 0.3) is 0 Å². The van der Waals surface area contributed by atoms with Gasteiger partial charge in [-0.25, -0.2) is 4.39 Å². The summed E-state index contributed by atoms with van der Waals surface area (Å²) in [6, 6.07) is 15.4. The largest absolute Gasteiger partial charge is 0.367 e. The second-order valence-corrected chi connectivity index (χ2v) is 5.74. The molecule has 0 aromatic heterocycles. The fraction of sp³-hybridized carbons (Fsp3) is 0.333. The van der Waals surface area contributed by atoms with E-state index >= 15 is 0 Å². The number of anilines is 1. The maximum absolute atomic E-state index is 13.8. The lowest BCUT2D eigenvalue weighted by Gasteiger charge is -2.36. The van der Waals surface area contributed by atoms with Gasteiger partial charge >= 0.3 is 0 Å². The zero-order valence-corrected chi connectivity index (χ0v) is 12.7. The van der Waals surface area contributed by atoms with Crippen LogP contribution in [-0.2, 0) is 13.1 Å². The topological polar surface area (TPSA) is 32.5 Å². The van der Waals surface area contributed by atoms with Gasteiger partial charge in [0.1, 0.15) is 5.82 Å². The molecule has 2 N–H and O–H groups in total. The van der Waals surface area contributed by atoms with Gasteiger partial charge in [0, 0.05) is 39.3 Å². The second kappa shape index (κ2) is 6.90. The Morgan fingerprint density at radius 1 is 0.909 bits per heavy atom. The standard InChI is InChI=1S/C18H22FN3/c19-17-6-1-2-7-18(17)22-10-8-21(9-11-22)14-16-5-3-4-15(12-16)13-20/h1-7,12H,8-11,13-14,20H2. The van der Waals surface area contributed by atoms with Gasteiger partial charge in [-0.05, 0) is 23.3 Å². The number of piperazine rings is 1. The maximum Gasteiger partial charge on any atom is 0.146 e. The van der Waals surface area contributed by atoms with Crippen LogP contribution in [0.1, 0.15) is 11.1 Å². The molecular formula is C18H22FN3.